The molecule has 1 unspecified atom stereocenters. The predicted molar refractivity (Wildman–Crippen MR) is 85.8 cm³/mol. The molecule has 1 aromatic carbocycles. The highest BCUT2D eigenvalue weighted by Crippen LogP contribution is 2.60. The van der Waals surface area contributed by atoms with Crippen LogP contribution < -0.4 is 0 Å². The lowest BCUT2D eigenvalue weighted by Gasteiger charge is -2.03. The summed E-state index contributed by atoms with van der Waals surface area (Å²) in [6, 6.07) is 10.7. The van der Waals surface area contributed by atoms with Crippen LogP contribution in [0.1, 0.15) is 10.3 Å². The highest BCUT2D eigenvalue weighted by atomic mass is 32.9. The van der Waals surface area contributed by atoms with Crippen LogP contribution in [0, 0.1) is 3.82 Å². The summed E-state index contributed by atoms with van der Waals surface area (Å²) in [5.41, 5.74) is 2.50. The van der Waals surface area contributed by atoms with Crippen LogP contribution in [0.15, 0.2) is 39.4 Å². The summed E-state index contributed by atoms with van der Waals surface area (Å²) in [4.78, 5) is 4.83. The van der Waals surface area contributed by atoms with E-state index in [4.69, 9.17) is 12.2 Å². The van der Waals surface area contributed by atoms with Gasteiger partial charge in [-0.15, -0.1) is 11.8 Å². The van der Waals surface area contributed by atoms with Crippen molar-refractivity contribution in [2.45, 2.75) is 13.7 Å². The first kappa shape index (κ1) is 11.5. The van der Waals surface area contributed by atoms with Crippen molar-refractivity contribution in [3.05, 3.63) is 39.8 Å². The Bertz CT molecular complexity index is 748. The van der Waals surface area contributed by atoms with Crippen molar-refractivity contribution in [1.29, 1.82) is 0 Å². The van der Waals surface area contributed by atoms with Crippen LogP contribution in [0.5, 0.6) is 0 Å². The van der Waals surface area contributed by atoms with Gasteiger partial charge >= 0.3 is 0 Å². The molecule has 1 atom stereocenters. The van der Waals surface area contributed by atoms with E-state index < -0.39 is 0 Å². The van der Waals surface area contributed by atoms with Crippen LogP contribution in [-0.2, 0) is 0 Å². The van der Waals surface area contributed by atoms with Gasteiger partial charge in [-0.25, -0.2) is 0 Å². The molecule has 4 rings (SSSR count). The molecule has 0 saturated heterocycles. The Labute approximate surface area is 125 Å². The number of aromatic nitrogens is 1. The van der Waals surface area contributed by atoms with Crippen LogP contribution in [-0.4, -0.2) is 4.98 Å². The summed E-state index contributed by atoms with van der Waals surface area (Å²) in [6.45, 7) is 0. The topological polar surface area (TPSA) is 15.8 Å². The molecule has 3 heterocycles. The molecule has 0 radical (unpaired) electrons. The molecule has 0 fully saturated rings. The zero-order valence-corrected chi connectivity index (χ0v) is 13.1. The Hall–Kier alpha value is -0.270. The molecule has 1 nitrogen and oxygen atoms in total. The molecule has 0 bridgehead atoms. The molecule has 1 aliphatic rings. The van der Waals surface area contributed by atoms with E-state index in [0.717, 1.165) is 3.82 Å². The maximum Gasteiger partial charge on any atom is 0.116 e. The van der Waals surface area contributed by atoms with Gasteiger partial charge in [-0.2, -0.15) is 0 Å². The number of aromatic amines is 1. The van der Waals surface area contributed by atoms with E-state index in [1.165, 1.54) is 25.7 Å². The van der Waals surface area contributed by atoms with Crippen LogP contribution in [0.4, 0.5) is 0 Å². The molecule has 3 aromatic rings. The van der Waals surface area contributed by atoms with E-state index in [1.54, 1.807) is 10.3 Å². The third kappa shape index (κ3) is 1.78. The van der Waals surface area contributed by atoms with Gasteiger partial charge in [0.25, 0.3) is 0 Å². The SMILES string of the molecule is S=c1ssc2c1SC(c1cc3ccccc3[nH]1)S2. The van der Waals surface area contributed by atoms with Crippen LogP contribution in [0.2, 0.25) is 0 Å². The second kappa shape index (κ2) is 4.38. The zero-order chi connectivity index (χ0) is 12.1. The number of nitrogens with one attached hydrogen (secondary N) is 1. The lowest BCUT2D eigenvalue weighted by atomic mass is 10.2. The standard InChI is InChI=1S/C12H7NS5/c14-10-9-12(18-17-10)16-11(15-9)8-5-6-3-1-2-4-7(6)13-8/h1-5,11,13H. The van der Waals surface area contributed by atoms with Gasteiger partial charge < -0.3 is 4.98 Å². The molecule has 0 aliphatic carbocycles. The van der Waals surface area contributed by atoms with Gasteiger partial charge in [0.2, 0.25) is 0 Å². The van der Waals surface area contributed by atoms with E-state index in [9.17, 15) is 0 Å². The van der Waals surface area contributed by atoms with Crippen molar-refractivity contribution >= 4 is 67.3 Å². The van der Waals surface area contributed by atoms with Crippen molar-refractivity contribution in [2.24, 2.45) is 0 Å². The van der Waals surface area contributed by atoms with Gasteiger partial charge in [-0.3, -0.25) is 0 Å². The largest absolute Gasteiger partial charge is 0.357 e. The predicted octanol–water partition coefficient (Wildman–Crippen LogP) is 5.92. The number of thioether (sulfide) groups is 2. The minimum atomic E-state index is 0.425. The minimum Gasteiger partial charge on any atom is -0.357 e. The average Bonchev–Trinajstić information content (AvgIpc) is 3.04. The number of fused-ring (bicyclic) bond motifs is 2. The van der Waals surface area contributed by atoms with E-state index in [0.29, 0.717) is 4.58 Å². The third-order valence-electron chi connectivity index (χ3n) is 2.81. The number of rotatable bonds is 1. The maximum absolute atomic E-state index is 5.36. The minimum absolute atomic E-state index is 0.425. The molecule has 90 valence electrons. The van der Waals surface area contributed by atoms with Gasteiger partial charge in [0.15, 0.2) is 0 Å². The first-order valence-corrected chi connectivity index (χ1v) is 9.67. The normalized spacial score (nSPS) is 18.3. The lowest BCUT2D eigenvalue weighted by Crippen LogP contribution is -1.83. The van der Waals surface area contributed by atoms with E-state index in [-0.39, 0.29) is 0 Å². The quantitative estimate of drug-likeness (QED) is 0.442. The molecule has 1 aliphatic heterocycles. The van der Waals surface area contributed by atoms with Gasteiger partial charge in [0.05, 0.1) is 9.10 Å². The maximum atomic E-state index is 5.36. The van der Waals surface area contributed by atoms with Crippen molar-refractivity contribution in [3.63, 3.8) is 0 Å². The van der Waals surface area contributed by atoms with Crippen LogP contribution >= 0.6 is 56.4 Å². The second-order valence-corrected chi connectivity index (χ2v) is 9.55. The van der Waals surface area contributed by atoms with Crippen molar-refractivity contribution in [1.82, 2.24) is 4.98 Å². The third-order valence-corrected chi connectivity index (χ3v) is 9.57. The molecule has 18 heavy (non-hydrogen) atoms. The van der Waals surface area contributed by atoms with E-state index >= 15 is 0 Å². The van der Waals surface area contributed by atoms with Crippen molar-refractivity contribution in [3.8, 4) is 0 Å². The summed E-state index contributed by atoms with van der Waals surface area (Å²) in [5.74, 6) is 0. The van der Waals surface area contributed by atoms with Crippen LogP contribution in [0.3, 0.4) is 0 Å². The average molecular weight is 326 g/mol. The summed E-state index contributed by atoms with van der Waals surface area (Å²) in [6.07, 6.45) is 0. The van der Waals surface area contributed by atoms with Crippen molar-refractivity contribution < 1.29 is 0 Å². The Morgan fingerprint density at radius 3 is 2.83 bits per heavy atom. The molecule has 0 saturated carbocycles. The summed E-state index contributed by atoms with van der Waals surface area (Å²) in [7, 11) is 3.52. The summed E-state index contributed by atoms with van der Waals surface area (Å²) in [5, 5.41) is 1.28. The number of para-hydroxylation sites is 1. The Kier molecular flexibility index (Phi) is 2.81. The molecular weight excluding hydrogens is 318 g/mol. The van der Waals surface area contributed by atoms with E-state index in [1.807, 2.05) is 33.9 Å². The first-order valence-electron chi connectivity index (χ1n) is 5.35. The van der Waals surface area contributed by atoms with Gasteiger partial charge in [-0.1, -0.05) is 62.9 Å². The number of hydrogen-bond donors (Lipinski definition) is 1. The van der Waals surface area contributed by atoms with Gasteiger partial charge in [0, 0.05) is 11.2 Å². The fraction of sp³-hybridized carbons (Fsp3) is 0.0833. The first-order chi connectivity index (χ1) is 8.81. The molecule has 0 spiro atoms. The lowest BCUT2D eigenvalue weighted by molar-refractivity contribution is 1.25. The monoisotopic (exact) mass is 325 g/mol. The number of hydrogen-bond acceptors (Lipinski definition) is 5. The Morgan fingerprint density at radius 2 is 2.00 bits per heavy atom. The van der Waals surface area contributed by atoms with Crippen molar-refractivity contribution in [2.75, 3.05) is 0 Å². The van der Waals surface area contributed by atoms with Gasteiger partial charge in [0.1, 0.15) is 8.41 Å². The summed E-state index contributed by atoms with van der Waals surface area (Å²) >= 11 is 9.17. The molecule has 6 heteroatoms. The fourth-order valence-corrected chi connectivity index (χ4v) is 8.77. The van der Waals surface area contributed by atoms with Crippen LogP contribution in [0.25, 0.3) is 10.9 Å². The second-order valence-electron chi connectivity index (χ2n) is 3.95. The molecule has 0 amide bonds. The summed E-state index contributed by atoms with van der Waals surface area (Å²) < 4.78 is 2.86. The highest BCUT2D eigenvalue weighted by Gasteiger charge is 2.28. The zero-order valence-electron chi connectivity index (χ0n) is 9.01. The molecule has 2 aromatic heterocycles. The molecular formula is C12H7NS5. The van der Waals surface area contributed by atoms with Gasteiger partial charge in [-0.05, 0) is 17.5 Å². The molecule has 1 N–H and O–H groups in total. The highest BCUT2D eigenvalue weighted by molar-refractivity contribution is 8.20. The Balaban J connectivity index is 1.75. The van der Waals surface area contributed by atoms with E-state index in [2.05, 4.69) is 35.3 Å². The number of H-pyrrole nitrogens is 1. The number of benzene rings is 1. The Morgan fingerprint density at radius 1 is 1.11 bits per heavy atom. The fourth-order valence-electron chi connectivity index (χ4n) is 1.98. The smallest absolute Gasteiger partial charge is 0.116 e.